The summed E-state index contributed by atoms with van der Waals surface area (Å²) in [4.78, 5) is 14.8. The Morgan fingerprint density at radius 3 is 1.45 bits per heavy atom. The summed E-state index contributed by atoms with van der Waals surface area (Å²) in [7, 11) is 0. The van der Waals surface area contributed by atoms with Gasteiger partial charge in [-0.2, -0.15) is 0 Å². The molecule has 12 rings (SSSR count). The van der Waals surface area contributed by atoms with Gasteiger partial charge in [0, 0.05) is 43.8 Å². The molecule has 62 heavy (non-hydrogen) atoms. The fourth-order valence-corrected chi connectivity index (χ4v) is 8.94. The van der Waals surface area contributed by atoms with Crippen molar-refractivity contribution in [3.8, 4) is 73.2 Å². The molecule has 0 atom stereocenters. The van der Waals surface area contributed by atoms with Crippen molar-refractivity contribution in [3.05, 3.63) is 218 Å². The predicted octanol–water partition coefficient (Wildman–Crippen LogP) is 14.9. The summed E-state index contributed by atoms with van der Waals surface area (Å²) >= 11 is 0. The topological polar surface area (TPSA) is 56.7 Å². The number of para-hydroxylation sites is 3. The maximum atomic E-state index is 6.65. The van der Waals surface area contributed by atoms with Crippen LogP contribution in [0, 0.1) is 0 Å². The zero-order valence-electron chi connectivity index (χ0n) is 33.5. The summed E-state index contributed by atoms with van der Waals surface area (Å²) in [5.41, 5.74) is 14.7. The molecule has 0 saturated heterocycles. The van der Waals surface area contributed by atoms with E-state index in [1.807, 2.05) is 60.7 Å². The van der Waals surface area contributed by atoms with Crippen LogP contribution in [0.1, 0.15) is 0 Å². The van der Waals surface area contributed by atoms with Crippen LogP contribution in [0.25, 0.3) is 117 Å². The van der Waals surface area contributed by atoms with Crippen molar-refractivity contribution in [1.82, 2.24) is 19.5 Å². The number of hydrogen-bond acceptors (Lipinski definition) is 4. The number of nitrogens with zero attached hydrogens (tertiary/aromatic N) is 4. The lowest BCUT2D eigenvalue weighted by Gasteiger charge is -2.14. The van der Waals surface area contributed by atoms with E-state index in [0.717, 1.165) is 77.7 Å². The first-order valence-corrected chi connectivity index (χ1v) is 20.8. The monoisotopic (exact) mass is 792 g/mol. The molecule has 0 aliphatic heterocycles. The molecule has 3 heterocycles. The standard InChI is InChI=1S/C57H36N4O/c1-3-15-39(16-4-1)55-58-56(40-17-5-2-6-18-40)60-57(59-55)43-20-13-19-41(35-43)37-29-31-38(32-30-37)42-33-34-48-53(36-42)62-52-28-14-24-47(54(48)52)46-23-9-12-27-51(46)61-49-25-10-7-21-44(49)45-22-8-11-26-50(45)61/h1-36H. The second kappa shape index (κ2) is 14.7. The summed E-state index contributed by atoms with van der Waals surface area (Å²) in [6.07, 6.45) is 0. The van der Waals surface area contributed by atoms with Gasteiger partial charge in [0.2, 0.25) is 0 Å². The van der Waals surface area contributed by atoms with E-state index in [4.69, 9.17) is 19.4 Å². The molecule has 290 valence electrons. The Hall–Kier alpha value is -8.41. The lowest BCUT2D eigenvalue weighted by atomic mass is 9.96. The number of hydrogen-bond donors (Lipinski definition) is 0. The third-order valence-electron chi connectivity index (χ3n) is 11.9. The molecular weight excluding hydrogens is 757 g/mol. The zero-order valence-corrected chi connectivity index (χ0v) is 33.5. The van der Waals surface area contributed by atoms with Crippen molar-refractivity contribution in [2.24, 2.45) is 0 Å². The molecule has 0 unspecified atom stereocenters. The van der Waals surface area contributed by atoms with E-state index in [1.54, 1.807) is 0 Å². The minimum atomic E-state index is 0.633. The molecule has 5 nitrogen and oxygen atoms in total. The van der Waals surface area contributed by atoms with Gasteiger partial charge in [0.25, 0.3) is 0 Å². The van der Waals surface area contributed by atoms with Crippen LogP contribution in [-0.2, 0) is 0 Å². The second-order valence-corrected chi connectivity index (χ2v) is 15.6. The van der Waals surface area contributed by atoms with Crippen molar-refractivity contribution in [3.63, 3.8) is 0 Å². The Labute approximate surface area is 357 Å². The van der Waals surface area contributed by atoms with Crippen LogP contribution in [0.4, 0.5) is 0 Å². The Kier molecular flexibility index (Phi) is 8.42. The first-order valence-electron chi connectivity index (χ1n) is 20.8. The zero-order chi connectivity index (χ0) is 41.0. The fourth-order valence-electron chi connectivity index (χ4n) is 8.94. The molecule has 0 aliphatic rings. The lowest BCUT2D eigenvalue weighted by Crippen LogP contribution is -2.00. The molecule has 0 aliphatic carbocycles. The molecule has 0 radical (unpaired) electrons. The SMILES string of the molecule is c1ccc(-c2nc(-c3ccccc3)nc(-c3cccc(-c4ccc(-c5ccc6c(c5)oc5cccc(-c7ccccc7-n7c8ccccc8c8ccccc87)c56)cc4)c3)n2)cc1. The number of fused-ring (bicyclic) bond motifs is 6. The molecule has 3 aromatic heterocycles. The van der Waals surface area contributed by atoms with Gasteiger partial charge < -0.3 is 8.98 Å². The lowest BCUT2D eigenvalue weighted by molar-refractivity contribution is 0.669. The number of rotatable bonds is 7. The molecule has 0 amide bonds. The average Bonchev–Trinajstić information content (AvgIpc) is 3.90. The number of benzene rings is 9. The Morgan fingerprint density at radius 2 is 0.790 bits per heavy atom. The molecular formula is C57H36N4O. The van der Waals surface area contributed by atoms with Crippen LogP contribution in [-0.4, -0.2) is 19.5 Å². The van der Waals surface area contributed by atoms with E-state index < -0.39 is 0 Å². The minimum Gasteiger partial charge on any atom is -0.456 e. The minimum absolute atomic E-state index is 0.633. The van der Waals surface area contributed by atoms with Gasteiger partial charge in [-0.05, 0) is 70.3 Å². The van der Waals surface area contributed by atoms with Gasteiger partial charge in [0.15, 0.2) is 17.5 Å². The average molecular weight is 793 g/mol. The fraction of sp³-hybridized carbons (Fsp3) is 0. The second-order valence-electron chi connectivity index (χ2n) is 15.6. The first kappa shape index (κ1) is 35.5. The Balaban J connectivity index is 0.891. The smallest absolute Gasteiger partial charge is 0.164 e. The quantitative estimate of drug-likeness (QED) is 0.161. The molecule has 0 bridgehead atoms. The number of furan rings is 1. The maximum Gasteiger partial charge on any atom is 0.164 e. The summed E-state index contributed by atoms with van der Waals surface area (Å²) in [6, 6.07) is 76.3. The van der Waals surface area contributed by atoms with Gasteiger partial charge in [-0.1, -0.05) is 176 Å². The van der Waals surface area contributed by atoms with Gasteiger partial charge in [-0.15, -0.1) is 0 Å². The molecule has 0 fully saturated rings. The van der Waals surface area contributed by atoms with E-state index in [-0.39, 0.29) is 0 Å². The van der Waals surface area contributed by atoms with E-state index in [1.165, 1.54) is 21.8 Å². The highest BCUT2D eigenvalue weighted by Gasteiger charge is 2.19. The van der Waals surface area contributed by atoms with Crippen molar-refractivity contribution < 1.29 is 4.42 Å². The van der Waals surface area contributed by atoms with Crippen molar-refractivity contribution in [2.75, 3.05) is 0 Å². The highest BCUT2D eigenvalue weighted by atomic mass is 16.3. The number of aromatic nitrogens is 4. The molecule has 9 aromatic carbocycles. The van der Waals surface area contributed by atoms with Crippen LogP contribution in [0.2, 0.25) is 0 Å². The van der Waals surface area contributed by atoms with E-state index >= 15 is 0 Å². The summed E-state index contributed by atoms with van der Waals surface area (Å²) in [6.45, 7) is 0. The maximum absolute atomic E-state index is 6.65. The van der Waals surface area contributed by atoms with Crippen LogP contribution in [0.15, 0.2) is 223 Å². The predicted molar refractivity (Wildman–Crippen MR) is 254 cm³/mol. The van der Waals surface area contributed by atoms with Crippen molar-refractivity contribution in [2.45, 2.75) is 0 Å². The van der Waals surface area contributed by atoms with Crippen LogP contribution in [0.3, 0.4) is 0 Å². The molecule has 0 saturated carbocycles. The van der Waals surface area contributed by atoms with Gasteiger partial charge in [-0.3, -0.25) is 0 Å². The highest BCUT2D eigenvalue weighted by molar-refractivity contribution is 6.15. The van der Waals surface area contributed by atoms with Crippen molar-refractivity contribution in [1.29, 1.82) is 0 Å². The van der Waals surface area contributed by atoms with E-state index in [2.05, 4.69) is 162 Å². The largest absolute Gasteiger partial charge is 0.456 e. The molecule has 0 N–H and O–H groups in total. The van der Waals surface area contributed by atoms with Crippen molar-refractivity contribution >= 4 is 43.7 Å². The van der Waals surface area contributed by atoms with Crippen LogP contribution in [0.5, 0.6) is 0 Å². The summed E-state index contributed by atoms with van der Waals surface area (Å²) in [5.74, 6) is 1.92. The van der Waals surface area contributed by atoms with Crippen LogP contribution < -0.4 is 0 Å². The Morgan fingerprint density at radius 1 is 0.306 bits per heavy atom. The summed E-state index contributed by atoms with van der Waals surface area (Å²) < 4.78 is 9.04. The highest BCUT2D eigenvalue weighted by Crippen LogP contribution is 2.42. The van der Waals surface area contributed by atoms with Gasteiger partial charge in [0.05, 0.1) is 16.7 Å². The molecule has 0 spiro atoms. The van der Waals surface area contributed by atoms with Gasteiger partial charge in [0.1, 0.15) is 11.2 Å². The molecule has 5 heteroatoms. The third-order valence-corrected chi connectivity index (χ3v) is 11.9. The van der Waals surface area contributed by atoms with Gasteiger partial charge >= 0.3 is 0 Å². The third kappa shape index (κ3) is 6.06. The van der Waals surface area contributed by atoms with Gasteiger partial charge in [-0.25, -0.2) is 15.0 Å². The van der Waals surface area contributed by atoms with E-state index in [9.17, 15) is 0 Å². The first-order chi connectivity index (χ1) is 30.7. The van der Waals surface area contributed by atoms with Crippen LogP contribution >= 0.6 is 0 Å². The molecule has 12 aromatic rings. The Bertz CT molecular complexity index is 3510. The summed E-state index contributed by atoms with van der Waals surface area (Å²) in [5, 5.41) is 4.69. The normalized spacial score (nSPS) is 11.5. The van der Waals surface area contributed by atoms with E-state index in [0.29, 0.717) is 17.5 Å².